The molecule has 15 heavy (non-hydrogen) atoms. The van der Waals surface area contributed by atoms with Gasteiger partial charge >= 0.3 is 5.97 Å². The Labute approximate surface area is 88.2 Å². The summed E-state index contributed by atoms with van der Waals surface area (Å²) >= 11 is 0. The lowest BCUT2D eigenvalue weighted by atomic mass is 10.2. The van der Waals surface area contributed by atoms with Gasteiger partial charge in [-0.1, -0.05) is 12.1 Å². The third-order valence-electron chi connectivity index (χ3n) is 1.31. The van der Waals surface area contributed by atoms with Crippen molar-refractivity contribution in [3.63, 3.8) is 0 Å². The predicted octanol–water partition coefficient (Wildman–Crippen LogP) is 0.353. The van der Waals surface area contributed by atoms with Crippen LogP contribution in [0, 0.1) is 0 Å². The number of phenols is 1. The number of carbonyl (C=O) groups is 1. The number of ether oxygens (including phenoxy) is 1. The van der Waals surface area contributed by atoms with Gasteiger partial charge in [-0.15, -0.1) is 0 Å². The minimum atomic E-state index is -0.525. The van der Waals surface area contributed by atoms with Crippen LogP contribution in [0.25, 0.3) is 0 Å². The Morgan fingerprint density at radius 2 is 1.87 bits per heavy atom. The molecule has 0 saturated heterocycles. The second kappa shape index (κ2) is 8.98. The van der Waals surface area contributed by atoms with Gasteiger partial charge in [0.05, 0.1) is 7.11 Å². The average molecular weight is 216 g/mol. The Morgan fingerprint density at radius 1 is 1.40 bits per heavy atom. The number of hydrogen-bond donors (Lipinski definition) is 2. The van der Waals surface area contributed by atoms with E-state index >= 15 is 0 Å². The van der Waals surface area contributed by atoms with E-state index in [1.54, 1.807) is 19.1 Å². The van der Waals surface area contributed by atoms with Gasteiger partial charge < -0.3 is 20.4 Å². The summed E-state index contributed by atoms with van der Waals surface area (Å²) in [5.74, 6) is -0.581. The van der Waals surface area contributed by atoms with E-state index in [1.165, 1.54) is 19.2 Å². The van der Waals surface area contributed by atoms with E-state index in [-0.39, 0.29) is 23.4 Å². The van der Waals surface area contributed by atoms with E-state index in [9.17, 15) is 4.79 Å². The zero-order chi connectivity index (χ0) is 11.0. The Bertz CT molecular complexity index is 285. The van der Waals surface area contributed by atoms with Crippen molar-refractivity contribution in [3.8, 4) is 5.75 Å². The highest BCUT2D eigenvalue weighted by atomic mass is 16.5. The summed E-state index contributed by atoms with van der Waals surface area (Å²) in [5, 5.41) is 16.7. The van der Waals surface area contributed by atoms with Crippen molar-refractivity contribution in [1.82, 2.24) is 0 Å². The molecule has 4 N–H and O–H groups in total. The minimum absolute atomic E-state index is 0. The highest BCUT2D eigenvalue weighted by Gasteiger charge is 2.08. The first kappa shape index (κ1) is 15.9. The fraction of sp³-hybridized carbons (Fsp3) is 0.300. The number of para-hydroxylation sites is 1. The zero-order valence-electron chi connectivity index (χ0n) is 8.73. The number of aliphatic hydroxyl groups is 1. The van der Waals surface area contributed by atoms with Crippen LogP contribution in [0.5, 0.6) is 5.75 Å². The monoisotopic (exact) mass is 216 g/mol. The maximum absolute atomic E-state index is 10.9. The number of aromatic hydroxyl groups is 1. The molecule has 0 bridgehead atoms. The first-order chi connectivity index (χ1) is 6.67. The number of rotatable bonds is 1. The van der Waals surface area contributed by atoms with Crippen molar-refractivity contribution in [2.24, 2.45) is 0 Å². The molecular formula is C10H16O5. The lowest BCUT2D eigenvalue weighted by Gasteiger charge is -1.99. The van der Waals surface area contributed by atoms with Gasteiger partial charge in [-0.3, -0.25) is 0 Å². The number of hydrogen-bond acceptors (Lipinski definition) is 4. The molecule has 86 valence electrons. The van der Waals surface area contributed by atoms with Gasteiger partial charge in [0.2, 0.25) is 0 Å². The third kappa shape index (κ3) is 5.66. The van der Waals surface area contributed by atoms with E-state index < -0.39 is 5.97 Å². The molecule has 0 spiro atoms. The van der Waals surface area contributed by atoms with E-state index in [0.717, 1.165) is 0 Å². The number of aliphatic hydroxyl groups excluding tert-OH is 1. The lowest BCUT2D eigenvalue weighted by molar-refractivity contribution is 0.0597. The van der Waals surface area contributed by atoms with Crippen LogP contribution >= 0.6 is 0 Å². The average Bonchev–Trinajstić information content (AvgIpc) is 2.19. The molecule has 1 aromatic carbocycles. The Hall–Kier alpha value is -1.59. The molecule has 0 atom stereocenters. The van der Waals surface area contributed by atoms with Crippen LogP contribution in [-0.2, 0) is 4.74 Å². The highest BCUT2D eigenvalue weighted by molar-refractivity contribution is 5.92. The summed E-state index contributed by atoms with van der Waals surface area (Å²) in [7, 11) is 1.27. The standard InChI is InChI=1S/C8H8O3.C2H6O.H2O/c1-11-8(10)6-4-2-3-5-7(6)9;1-2-3;/h2-5,9H,1H3;3H,2H2,1H3;1H2. The maximum Gasteiger partial charge on any atom is 0.341 e. The van der Waals surface area contributed by atoms with E-state index in [4.69, 9.17) is 10.2 Å². The molecule has 5 nitrogen and oxygen atoms in total. The van der Waals surface area contributed by atoms with Crippen molar-refractivity contribution in [1.29, 1.82) is 0 Å². The number of carbonyl (C=O) groups excluding carboxylic acids is 1. The Kier molecular flexibility index (Phi) is 9.50. The Morgan fingerprint density at radius 3 is 2.27 bits per heavy atom. The van der Waals surface area contributed by atoms with Crippen molar-refractivity contribution in [3.05, 3.63) is 29.8 Å². The number of methoxy groups -OCH3 is 1. The van der Waals surface area contributed by atoms with Gasteiger partial charge in [0.25, 0.3) is 0 Å². The van der Waals surface area contributed by atoms with Crippen molar-refractivity contribution < 1.29 is 25.2 Å². The van der Waals surface area contributed by atoms with Gasteiger partial charge in [0.1, 0.15) is 11.3 Å². The fourth-order valence-corrected chi connectivity index (χ4v) is 0.756. The van der Waals surface area contributed by atoms with Gasteiger partial charge in [0.15, 0.2) is 0 Å². The summed E-state index contributed by atoms with van der Waals surface area (Å²) in [6.07, 6.45) is 0. The van der Waals surface area contributed by atoms with Crippen LogP contribution in [0.4, 0.5) is 0 Å². The topological polar surface area (TPSA) is 98.3 Å². The zero-order valence-corrected chi connectivity index (χ0v) is 8.73. The number of esters is 1. The molecule has 0 saturated carbocycles. The Balaban J connectivity index is 0. The van der Waals surface area contributed by atoms with Crippen LogP contribution in [0.15, 0.2) is 24.3 Å². The summed E-state index contributed by atoms with van der Waals surface area (Å²) in [5.41, 5.74) is 0.190. The summed E-state index contributed by atoms with van der Waals surface area (Å²) in [6.45, 7) is 1.93. The van der Waals surface area contributed by atoms with Crippen LogP contribution in [-0.4, -0.2) is 35.4 Å². The molecule has 0 radical (unpaired) electrons. The van der Waals surface area contributed by atoms with Crippen LogP contribution in [0.1, 0.15) is 17.3 Å². The summed E-state index contributed by atoms with van der Waals surface area (Å²) < 4.78 is 4.42. The van der Waals surface area contributed by atoms with Crippen LogP contribution in [0.2, 0.25) is 0 Å². The van der Waals surface area contributed by atoms with Gasteiger partial charge in [-0.25, -0.2) is 4.79 Å². The molecule has 0 unspecified atom stereocenters. The first-order valence-electron chi connectivity index (χ1n) is 4.14. The minimum Gasteiger partial charge on any atom is -0.507 e. The van der Waals surface area contributed by atoms with Gasteiger partial charge in [-0.2, -0.15) is 0 Å². The largest absolute Gasteiger partial charge is 0.507 e. The third-order valence-corrected chi connectivity index (χ3v) is 1.31. The van der Waals surface area contributed by atoms with E-state index in [0.29, 0.717) is 0 Å². The summed E-state index contributed by atoms with van der Waals surface area (Å²) in [4.78, 5) is 10.9. The van der Waals surface area contributed by atoms with E-state index in [1.807, 2.05) is 0 Å². The molecule has 5 heteroatoms. The highest BCUT2D eigenvalue weighted by Crippen LogP contribution is 2.15. The second-order valence-corrected chi connectivity index (χ2v) is 2.32. The fourth-order valence-electron chi connectivity index (χ4n) is 0.756. The van der Waals surface area contributed by atoms with E-state index in [2.05, 4.69) is 4.74 Å². The first-order valence-corrected chi connectivity index (χ1v) is 4.14. The molecule has 0 heterocycles. The molecule has 0 aliphatic rings. The quantitative estimate of drug-likeness (QED) is 0.662. The SMILES string of the molecule is CCO.COC(=O)c1ccccc1O.O. The molecule has 1 rings (SSSR count). The van der Waals surface area contributed by atoms with Gasteiger partial charge in [0, 0.05) is 6.61 Å². The maximum atomic E-state index is 10.9. The van der Waals surface area contributed by atoms with Crippen LogP contribution < -0.4 is 0 Å². The van der Waals surface area contributed by atoms with Crippen molar-refractivity contribution >= 4 is 5.97 Å². The van der Waals surface area contributed by atoms with Crippen molar-refractivity contribution in [2.75, 3.05) is 13.7 Å². The molecule has 0 aliphatic carbocycles. The van der Waals surface area contributed by atoms with Crippen LogP contribution in [0.3, 0.4) is 0 Å². The number of phenolic OH excluding ortho intramolecular Hbond substituents is 1. The molecule has 0 aliphatic heterocycles. The predicted molar refractivity (Wildman–Crippen MR) is 55.8 cm³/mol. The molecular weight excluding hydrogens is 200 g/mol. The molecule has 1 aromatic rings. The number of benzene rings is 1. The van der Waals surface area contributed by atoms with Gasteiger partial charge in [-0.05, 0) is 19.1 Å². The normalized spacial score (nSPS) is 7.93. The van der Waals surface area contributed by atoms with Crippen molar-refractivity contribution in [2.45, 2.75) is 6.92 Å². The summed E-state index contributed by atoms with van der Waals surface area (Å²) in [6, 6.07) is 6.24. The second-order valence-electron chi connectivity index (χ2n) is 2.32. The smallest absolute Gasteiger partial charge is 0.341 e. The molecule has 0 fully saturated rings. The molecule has 0 amide bonds. The molecule has 0 aromatic heterocycles. The lowest BCUT2D eigenvalue weighted by Crippen LogP contribution is -2.00.